The van der Waals surface area contributed by atoms with Crippen LogP contribution in [0.5, 0.6) is 0 Å². The summed E-state index contributed by atoms with van der Waals surface area (Å²) in [5.74, 6) is -0.593. The minimum Gasteiger partial charge on any atom is -0.466 e. The Morgan fingerprint density at radius 2 is 2.19 bits per heavy atom. The molecule has 0 bridgehead atoms. The van der Waals surface area contributed by atoms with E-state index in [-0.39, 0.29) is 18.6 Å². The standard InChI is InChI=1S/C14H16N2O5/c1-2-21-12(18)6-11(17)13(19)8-3-4-10-9(5-8)14(20)16-7-15-10/h3-5,7,11,13,17,19H,2,6H2,1H3,(H,15,16,20). The van der Waals surface area contributed by atoms with Gasteiger partial charge in [0.2, 0.25) is 0 Å². The number of aliphatic hydroxyl groups is 2. The van der Waals surface area contributed by atoms with E-state index < -0.39 is 18.2 Å². The Morgan fingerprint density at radius 1 is 1.43 bits per heavy atom. The lowest BCUT2D eigenvalue weighted by atomic mass is 10.0. The van der Waals surface area contributed by atoms with Gasteiger partial charge >= 0.3 is 5.97 Å². The van der Waals surface area contributed by atoms with Crippen molar-refractivity contribution in [2.75, 3.05) is 6.61 Å². The van der Waals surface area contributed by atoms with Gasteiger partial charge in [-0.2, -0.15) is 0 Å². The number of benzene rings is 1. The van der Waals surface area contributed by atoms with Gasteiger partial charge in [0.25, 0.3) is 5.56 Å². The van der Waals surface area contributed by atoms with E-state index in [1.54, 1.807) is 19.1 Å². The third-order valence-corrected chi connectivity index (χ3v) is 3.05. The summed E-state index contributed by atoms with van der Waals surface area (Å²) in [6, 6.07) is 4.56. The molecule has 0 spiro atoms. The van der Waals surface area contributed by atoms with Crippen molar-refractivity contribution in [1.29, 1.82) is 0 Å². The van der Waals surface area contributed by atoms with Gasteiger partial charge in [0, 0.05) is 0 Å². The van der Waals surface area contributed by atoms with E-state index in [4.69, 9.17) is 4.74 Å². The number of hydrogen-bond donors (Lipinski definition) is 3. The van der Waals surface area contributed by atoms with E-state index in [1.807, 2.05) is 0 Å². The molecule has 21 heavy (non-hydrogen) atoms. The Hall–Kier alpha value is -2.25. The number of carbonyl (C=O) groups is 1. The summed E-state index contributed by atoms with van der Waals surface area (Å²) in [6.45, 7) is 1.86. The molecule has 112 valence electrons. The second-order valence-electron chi connectivity index (χ2n) is 4.53. The number of esters is 1. The van der Waals surface area contributed by atoms with Crippen molar-refractivity contribution < 1.29 is 19.7 Å². The smallest absolute Gasteiger partial charge is 0.308 e. The number of hydrogen-bond acceptors (Lipinski definition) is 6. The van der Waals surface area contributed by atoms with E-state index in [0.717, 1.165) is 0 Å². The fraction of sp³-hybridized carbons (Fsp3) is 0.357. The van der Waals surface area contributed by atoms with Gasteiger partial charge < -0.3 is 19.9 Å². The van der Waals surface area contributed by atoms with Gasteiger partial charge in [-0.15, -0.1) is 0 Å². The highest BCUT2D eigenvalue weighted by Crippen LogP contribution is 2.21. The topological polar surface area (TPSA) is 113 Å². The van der Waals surface area contributed by atoms with Gasteiger partial charge in [-0.1, -0.05) is 6.07 Å². The minimum absolute atomic E-state index is 0.207. The second-order valence-corrected chi connectivity index (χ2v) is 4.53. The molecule has 0 aliphatic heterocycles. The molecule has 0 fully saturated rings. The molecule has 0 aliphatic rings. The SMILES string of the molecule is CCOC(=O)CC(O)C(O)c1ccc2nc[nH]c(=O)c2c1. The Labute approximate surface area is 120 Å². The van der Waals surface area contributed by atoms with Gasteiger partial charge in [-0.05, 0) is 24.6 Å². The predicted molar refractivity (Wildman–Crippen MR) is 74.6 cm³/mol. The molecule has 0 amide bonds. The van der Waals surface area contributed by atoms with Crippen LogP contribution in [-0.2, 0) is 9.53 Å². The zero-order valence-corrected chi connectivity index (χ0v) is 11.4. The monoisotopic (exact) mass is 292 g/mol. The quantitative estimate of drug-likeness (QED) is 0.682. The number of carbonyl (C=O) groups excluding carboxylic acids is 1. The van der Waals surface area contributed by atoms with Crippen LogP contribution >= 0.6 is 0 Å². The molecule has 2 aromatic rings. The van der Waals surface area contributed by atoms with Crippen LogP contribution in [0.25, 0.3) is 10.9 Å². The Kier molecular flexibility index (Phi) is 4.66. The Bertz CT molecular complexity index is 697. The molecule has 2 unspecified atom stereocenters. The van der Waals surface area contributed by atoms with Crippen molar-refractivity contribution in [2.24, 2.45) is 0 Å². The number of nitrogens with one attached hydrogen (secondary N) is 1. The van der Waals surface area contributed by atoms with Crippen molar-refractivity contribution in [3.05, 3.63) is 40.4 Å². The lowest BCUT2D eigenvalue weighted by Crippen LogP contribution is -2.23. The molecular weight excluding hydrogens is 276 g/mol. The molecule has 2 rings (SSSR count). The minimum atomic E-state index is -1.31. The van der Waals surface area contributed by atoms with E-state index in [9.17, 15) is 19.8 Å². The van der Waals surface area contributed by atoms with Gasteiger partial charge in [0.1, 0.15) is 6.10 Å². The molecule has 0 aliphatic carbocycles. The largest absolute Gasteiger partial charge is 0.466 e. The van der Waals surface area contributed by atoms with Crippen molar-refractivity contribution in [3.63, 3.8) is 0 Å². The normalized spacial score (nSPS) is 13.9. The fourth-order valence-electron chi connectivity index (χ4n) is 1.99. The molecule has 7 nitrogen and oxygen atoms in total. The molecule has 1 aromatic heterocycles. The molecule has 0 saturated heterocycles. The maximum Gasteiger partial charge on any atom is 0.308 e. The molecule has 3 N–H and O–H groups in total. The third kappa shape index (κ3) is 3.45. The van der Waals surface area contributed by atoms with Crippen LogP contribution in [0, 0.1) is 0 Å². The molecular formula is C14H16N2O5. The van der Waals surface area contributed by atoms with E-state index >= 15 is 0 Å². The van der Waals surface area contributed by atoms with Gasteiger partial charge in [0.05, 0.1) is 36.4 Å². The van der Waals surface area contributed by atoms with Crippen LogP contribution in [0.1, 0.15) is 25.0 Å². The average molecular weight is 292 g/mol. The lowest BCUT2D eigenvalue weighted by molar-refractivity contribution is -0.147. The molecule has 2 atom stereocenters. The van der Waals surface area contributed by atoms with Crippen LogP contribution in [0.4, 0.5) is 0 Å². The van der Waals surface area contributed by atoms with Gasteiger partial charge in [0.15, 0.2) is 0 Å². The first kappa shape index (κ1) is 15.1. The van der Waals surface area contributed by atoms with Crippen molar-refractivity contribution >= 4 is 16.9 Å². The van der Waals surface area contributed by atoms with Crippen LogP contribution in [0.3, 0.4) is 0 Å². The summed E-state index contributed by atoms with van der Waals surface area (Å²) < 4.78 is 4.71. The number of rotatable bonds is 5. The van der Waals surface area contributed by atoms with Crippen LogP contribution < -0.4 is 5.56 Å². The zero-order chi connectivity index (χ0) is 15.4. The van der Waals surface area contributed by atoms with Gasteiger partial charge in [-0.25, -0.2) is 4.98 Å². The predicted octanol–water partition coefficient (Wildman–Crippen LogP) is 0.271. The highest BCUT2D eigenvalue weighted by atomic mass is 16.5. The number of ether oxygens (including phenoxy) is 1. The maximum absolute atomic E-state index is 11.7. The maximum atomic E-state index is 11.7. The molecule has 1 aromatic carbocycles. The van der Waals surface area contributed by atoms with E-state index in [0.29, 0.717) is 16.5 Å². The van der Waals surface area contributed by atoms with Crippen molar-refractivity contribution in [3.8, 4) is 0 Å². The summed E-state index contributed by atoms with van der Waals surface area (Å²) in [5.41, 5.74) is 0.473. The zero-order valence-electron chi connectivity index (χ0n) is 11.4. The molecule has 1 heterocycles. The first-order valence-corrected chi connectivity index (χ1v) is 6.52. The van der Waals surface area contributed by atoms with E-state index in [2.05, 4.69) is 9.97 Å². The summed E-state index contributed by atoms with van der Waals surface area (Å²) >= 11 is 0. The number of aromatic amines is 1. The average Bonchev–Trinajstić information content (AvgIpc) is 2.46. The Balaban J connectivity index is 2.23. The van der Waals surface area contributed by atoms with Crippen LogP contribution in [0.15, 0.2) is 29.3 Å². The van der Waals surface area contributed by atoms with E-state index in [1.165, 1.54) is 12.4 Å². The number of fused-ring (bicyclic) bond motifs is 1. The molecule has 0 radical (unpaired) electrons. The number of nitrogens with zero attached hydrogens (tertiary/aromatic N) is 1. The molecule has 7 heteroatoms. The fourth-order valence-corrected chi connectivity index (χ4v) is 1.99. The van der Waals surface area contributed by atoms with Gasteiger partial charge in [-0.3, -0.25) is 9.59 Å². The Morgan fingerprint density at radius 3 is 2.90 bits per heavy atom. The highest BCUT2D eigenvalue weighted by molar-refractivity contribution is 5.78. The number of H-pyrrole nitrogens is 1. The summed E-state index contributed by atoms with van der Waals surface area (Å²) in [4.78, 5) is 29.4. The van der Waals surface area contributed by atoms with Crippen molar-refractivity contribution in [1.82, 2.24) is 9.97 Å². The number of aromatic nitrogens is 2. The van der Waals surface area contributed by atoms with Crippen LogP contribution in [-0.4, -0.2) is 38.9 Å². The summed E-state index contributed by atoms with van der Waals surface area (Å²) in [6.07, 6.45) is -1.64. The van der Waals surface area contributed by atoms with Crippen molar-refractivity contribution in [2.45, 2.75) is 25.6 Å². The third-order valence-electron chi connectivity index (χ3n) is 3.05. The second kappa shape index (κ2) is 6.47. The first-order valence-electron chi connectivity index (χ1n) is 6.52. The first-order chi connectivity index (χ1) is 10.0. The highest BCUT2D eigenvalue weighted by Gasteiger charge is 2.22. The van der Waals surface area contributed by atoms with Crippen LogP contribution in [0.2, 0.25) is 0 Å². The summed E-state index contributed by atoms with van der Waals surface area (Å²) in [7, 11) is 0. The lowest BCUT2D eigenvalue weighted by Gasteiger charge is -2.17. The molecule has 0 saturated carbocycles. The number of aliphatic hydroxyl groups excluding tert-OH is 2. The summed E-state index contributed by atoms with van der Waals surface area (Å²) in [5, 5.41) is 20.2.